The lowest BCUT2D eigenvalue weighted by Crippen LogP contribution is -2.39. The van der Waals surface area contributed by atoms with Crippen LogP contribution in [0.4, 0.5) is 0 Å². The Balaban J connectivity index is 2.08. The fourth-order valence-electron chi connectivity index (χ4n) is 4.71. The van der Waals surface area contributed by atoms with Crippen molar-refractivity contribution in [3.05, 3.63) is 0 Å². The Bertz CT molecular complexity index is 224. The molecule has 20 heavy (non-hydrogen) atoms. The van der Waals surface area contributed by atoms with Crippen LogP contribution in [0.5, 0.6) is 0 Å². The maximum absolute atomic E-state index is 4.38. The highest BCUT2D eigenvalue weighted by atomic mass is 79.9. The van der Waals surface area contributed by atoms with Crippen LogP contribution in [-0.2, 0) is 0 Å². The van der Waals surface area contributed by atoms with Crippen LogP contribution in [-0.4, -0.2) is 4.32 Å². The number of rotatable bonds is 5. The van der Waals surface area contributed by atoms with Crippen molar-refractivity contribution in [1.82, 2.24) is 0 Å². The van der Waals surface area contributed by atoms with E-state index in [4.69, 9.17) is 0 Å². The summed E-state index contributed by atoms with van der Waals surface area (Å²) in [5, 5.41) is 0. The first-order valence-electron chi connectivity index (χ1n) is 9.46. The van der Waals surface area contributed by atoms with Gasteiger partial charge in [-0.15, -0.1) is 0 Å². The van der Waals surface area contributed by atoms with Crippen molar-refractivity contribution < 1.29 is 0 Å². The molecule has 0 N–H and O–H groups in total. The first-order chi connectivity index (χ1) is 9.77. The summed E-state index contributed by atoms with van der Waals surface area (Å²) in [7, 11) is 0. The van der Waals surface area contributed by atoms with E-state index in [-0.39, 0.29) is 0 Å². The maximum atomic E-state index is 4.38. The van der Waals surface area contributed by atoms with Gasteiger partial charge < -0.3 is 0 Å². The molecule has 0 aromatic heterocycles. The Labute approximate surface area is 135 Å². The summed E-state index contributed by atoms with van der Waals surface area (Å²) in [6.07, 6.45) is 22.0. The van der Waals surface area contributed by atoms with Gasteiger partial charge in [0.05, 0.1) is 0 Å². The van der Waals surface area contributed by atoms with E-state index >= 15 is 0 Å². The SMILES string of the molecule is CCCCC(Br)(C1CCCCCC1)C1CCCCCC1. The number of alkyl halides is 1. The first kappa shape index (κ1) is 16.8. The summed E-state index contributed by atoms with van der Waals surface area (Å²) in [6.45, 7) is 2.35. The molecular formula is C19H35Br. The van der Waals surface area contributed by atoms with E-state index in [0.717, 1.165) is 11.8 Å². The standard InChI is InChI=1S/C19H35Br/c1-2-3-16-19(20,17-12-8-4-5-9-13-17)18-14-10-6-7-11-15-18/h17-18H,2-16H2,1H3. The third kappa shape index (κ3) is 4.49. The summed E-state index contributed by atoms with van der Waals surface area (Å²) < 4.78 is 0.484. The summed E-state index contributed by atoms with van der Waals surface area (Å²) >= 11 is 4.38. The Morgan fingerprint density at radius 1 is 0.750 bits per heavy atom. The van der Waals surface area contributed by atoms with Crippen molar-refractivity contribution in [3.8, 4) is 0 Å². The molecule has 0 aromatic rings. The van der Waals surface area contributed by atoms with Gasteiger partial charge in [0.2, 0.25) is 0 Å². The Kier molecular flexibility index (Phi) is 7.42. The fraction of sp³-hybridized carbons (Fsp3) is 1.00. The number of unbranched alkanes of at least 4 members (excludes halogenated alkanes) is 1. The van der Waals surface area contributed by atoms with Crippen LogP contribution in [0.3, 0.4) is 0 Å². The summed E-state index contributed by atoms with van der Waals surface area (Å²) in [5.74, 6) is 1.92. The molecule has 0 aliphatic heterocycles. The molecule has 1 heteroatoms. The molecule has 0 unspecified atom stereocenters. The van der Waals surface area contributed by atoms with Gasteiger partial charge in [-0.3, -0.25) is 0 Å². The molecule has 2 saturated carbocycles. The summed E-state index contributed by atoms with van der Waals surface area (Å²) in [4.78, 5) is 0. The minimum atomic E-state index is 0.484. The van der Waals surface area contributed by atoms with Crippen molar-refractivity contribution >= 4 is 15.9 Å². The molecule has 0 bridgehead atoms. The molecule has 2 aliphatic rings. The van der Waals surface area contributed by atoms with Gasteiger partial charge in [0, 0.05) is 4.32 Å². The third-order valence-electron chi connectivity index (χ3n) is 5.98. The Morgan fingerprint density at radius 3 is 1.50 bits per heavy atom. The average Bonchev–Trinajstić information content (AvgIpc) is 2.89. The van der Waals surface area contributed by atoms with Gasteiger partial charge >= 0.3 is 0 Å². The van der Waals surface area contributed by atoms with E-state index in [0.29, 0.717) is 4.32 Å². The van der Waals surface area contributed by atoms with E-state index in [1.165, 1.54) is 96.3 Å². The summed E-state index contributed by atoms with van der Waals surface area (Å²) in [5.41, 5.74) is 0. The highest BCUT2D eigenvalue weighted by Crippen LogP contribution is 2.50. The van der Waals surface area contributed by atoms with Crippen molar-refractivity contribution in [2.45, 2.75) is 108 Å². The maximum Gasteiger partial charge on any atom is 0.0314 e. The lowest BCUT2D eigenvalue weighted by molar-refractivity contribution is 0.215. The van der Waals surface area contributed by atoms with Crippen LogP contribution < -0.4 is 0 Å². The molecule has 0 aromatic carbocycles. The first-order valence-corrected chi connectivity index (χ1v) is 10.3. The minimum Gasteiger partial charge on any atom is -0.0847 e. The number of halogens is 1. The molecule has 0 radical (unpaired) electrons. The van der Waals surface area contributed by atoms with Crippen molar-refractivity contribution in [1.29, 1.82) is 0 Å². The van der Waals surface area contributed by atoms with Gasteiger partial charge in [-0.2, -0.15) is 0 Å². The second kappa shape index (κ2) is 8.81. The predicted molar refractivity (Wildman–Crippen MR) is 93.6 cm³/mol. The van der Waals surface area contributed by atoms with E-state index in [1.54, 1.807) is 0 Å². The third-order valence-corrected chi connectivity index (χ3v) is 7.67. The zero-order valence-corrected chi connectivity index (χ0v) is 15.2. The molecule has 2 fully saturated rings. The van der Waals surface area contributed by atoms with Gasteiger partial charge in [0.15, 0.2) is 0 Å². The smallest absolute Gasteiger partial charge is 0.0314 e. The van der Waals surface area contributed by atoms with Crippen molar-refractivity contribution in [2.24, 2.45) is 11.8 Å². The van der Waals surface area contributed by atoms with E-state index in [2.05, 4.69) is 22.9 Å². The molecule has 2 rings (SSSR count). The quantitative estimate of drug-likeness (QED) is 0.364. The Hall–Kier alpha value is 0.480. The Morgan fingerprint density at radius 2 is 1.15 bits per heavy atom. The molecule has 2 aliphatic carbocycles. The van der Waals surface area contributed by atoms with Gasteiger partial charge in [-0.05, 0) is 43.9 Å². The van der Waals surface area contributed by atoms with Crippen molar-refractivity contribution in [2.75, 3.05) is 0 Å². The normalized spacial score (nSPS) is 24.3. The van der Waals surface area contributed by atoms with Gasteiger partial charge in [0.25, 0.3) is 0 Å². The predicted octanol–water partition coefficient (Wildman–Crippen LogP) is 7.25. The van der Waals surface area contributed by atoms with Gasteiger partial charge in [-0.1, -0.05) is 87.1 Å². The van der Waals surface area contributed by atoms with Crippen molar-refractivity contribution in [3.63, 3.8) is 0 Å². The van der Waals surface area contributed by atoms with Gasteiger partial charge in [-0.25, -0.2) is 0 Å². The summed E-state index contributed by atoms with van der Waals surface area (Å²) in [6, 6.07) is 0. The van der Waals surface area contributed by atoms with Gasteiger partial charge in [0.1, 0.15) is 0 Å². The number of hydrogen-bond acceptors (Lipinski definition) is 0. The van der Waals surface area contributed by atoms with Crippen LogP contribution in [0, 0.1) is 11.8 Å². The largest absolute Gasteiger partial charge is 0.0847 e. The highest BCUT2D eigenvalue weighted by Gasteiger charge is 2.42. The molecule has 0 nitrogen and oxygen atoms in total. The van der Waals surface area contributed by atoms with E-state index < -0.39 is 0 Å². The highest BCUT2D eigenvalue weighted by molar-refractivity contribution is 9.10. The molecule has 118 valence electrons. The number of hydrogen-bond donors (Lipinski definition) is 0. The second-order valence-corrected chi connectivity index (χ2v) is 8.88. The second-order valence-electron chi connectivity index (χ2n) is 7.41. The van der Waals surface area contributed by atoms with Crippen LogP contribution in [0.1, 0.15) is 103 Å². The van der Waals surface area contributed by atoms with E-state index in [1.807, 2.05) is 0 Å². The average molecular weight is 343 g/mol. The lowest BCUT2D eigenvalue weighted by atomic mass is 9.72. The molecule has 0 saturated heterocycles. The molecule has 0 atom stereocenters. The zero-order valence-electron chi connectivity index (χ0n) is 13.6. The molecule has 0 amide bonds. The van der Waals surface area contributed by atoms with Crippen LogP contribution in [0.2, 0.25) is 0 Å². The molecule has 0 spiro atoms. The molecule has 0 heterocycles. The van der Waals surface area contributed by atoms with E-state index in [9.17, 15) is 0 Å². The topological polar surface area (TPSA) is 0 Å². The zero-order chi connectivity index (χ0) is 14.3. The monoisotopic (exact) mass is 342 g/mol. The molecular weight excluding hydrogens is 308 g/mol. The lowest BCUT2D eigenvalue weighted by Gasteiger charge is -2.42. The van der Waals surface area contributed by atoms with Crippen LogP contribution in [0.15, 0.2) is 0 Å². The fourth-order valence-corrected chi connectivity index (χ4v) is 5.90. The van der Waals surface area contributed by atoms with Crippen LogP contribution >= 0.6 is 15.9 Å². The van der Waals surface area contributed by atoms with Crippen LogP contribution in [0.25, 0.3) is 0 Å². The minimum absolute atomic E-state index is 0.484.